The first-order valence-electron chi connectivity index (χ1n) is 6.45. The summed E-state index contributed by atoms with van der Waals surface area (Å²) >= 11 is 0. The van der Waals surface area contributed by atoms with Crippen molar-refractivity contribution in [1.82, 2.24) is 0 Å². The van der Waals surface area contributed by atoms with Crippen LogP contribution in [0.3, 0.4) is 0 Å². The topological polar surface area (TPSA) is 29.6 Å². The predicted molar refractivity (Wildman–Crippen MR) is 66.6 cm³/mol. The van der Waals surface area contributed by atoms with Gasteiger partial charge in [-0.25, -0.2) is 0 Å². The van der Waals surface area contributed by atoms with Crippen LogP contribution in [-0.2, 0) is 9.53 Å². The Morgan fingerprint density at radius 2 is 2.29 bits per heavy atom. The molecule has 0 aromatic rings. The minimum Gasteiger partial charge on any atom is -0.360 e. The van der Waals surface area contributed by atoms with Gasteiger partial charge in [0.15, 0.2) is 5.78 Å². The summed E-state index contributed by atoms with van der Waals surface area (Å²) in [5.41, 5.74) is 2.22. The quantitative estimate of drug-likeness (QED) is 0.513. The van der Waals surface area contributed by atoms with Crippen molar-refractivity contribution >= 4 is 5.78 Å². The molecule has 2 nitrogen and oxygen atoms in total. The van der Waals surface area contributed by atoms with Crippen LogP contribution in [0.5, 0.6) is 0 Å². The fourth-order valence-corrected chi connectivity index (χ4v) is 4.13. The van der Waals surface area contributed by atoms with Crippen molar-refractivity contribution in [2.45, 2.75) is 51.7 Å². The van der Waals surface area contributed by atoms with Gasteiger partial charge in [0.2, 0.25) is 0 Å². The Morgan fingerprint density at radius 1 is 1.59 bits per heavy atom. The fraction of sp³-hybridized carbons (Fsp3) is 0.667. The molecule has 0 bridgehead atoms. The molecule has 4 atom stereocenters. The Hall–Kier alpha value is -0.890. The third-order valence-electron chi connectivity index (χ3n) is 5.09. The molecule has 0 aromatic heterocycles. The lowest BCUT2D eigenvalue weighted by molar-refractivity contribution is -0.119. The molecule has 2 heteroatoms. The lowest BCUT2D eigenvalue weighted by Crippen LogP contribution is -2.48. The minimum absolute atomic E-state index is 0.0134. The van der Waals surface area contributed by atoms with E-state index in [9.17, 15) is 4.79 Å². The van der Waals surface area contributed by atoms with Gasteiger partial charge in [-0.05, 0) is 38.3 Å². The average molecular weight is 232 g/mol. The molecule has 17 heavy (non-hydrogen) atoms. The van der Waals surface area contributed by atoms with Gasteiger partial charge in [-0.2, -0.15) is 0 Å². The highest BCUT2D eigenvalue weighted by atomic mass is 16.6. The highest BCUT2D eigenvalue weighted by molar-refractivity contribution is 5.93. The Balaban J connectivity index is 2.03. The van der Waals surface area contributed by atoms with Crippen LogP contribution in [-0.4, -0.2) is 17.5 Å². The molecule has 1 aliphatic heterocycles. The predicted octanol–water partition coefficient (Wildman–Crippen LogP) is 3.04. The molecule has 0 amide bonds. The van der Waals surface area contributed by atoms with Crippen molar-refractivity contribution in [1.29, 1.82) is 0 Å². The summed E-state index contributed by atoms with van der Waals surface area (Å²) in [6.07, 6.45) is 4.88. The summed E-state index contributed by atoms with van der Waals surface area (Å²) in [5, 5.41) is 0. The van der Waals surface area contributed by atoms with Gasteiger partial charge in [0, 0.05) is 17.8 Å². The number of rotatable bonds is 1. The number of ether oxygens (including phenoxy) is 1. The molecule has 1 saturated heterocycles. The van der Waals surface area contributed by atoms with E-state index in [2.05, 4.69) is 27.4 Å². The Kier molecular flexibility index (Phi) is 2.05. The zero-order valence-corrected chi connectivity index (χ0v) is 10.9. The van der Waals surface area contributed by atoms with Gasteiger partial charge >= 0.3 is 0 Å². The molecular weight excluding hydrogens is 212 g/mol. The normalized spacial score (nSPS) is 47.9. The van der Waals surface area contributed by atoms with E-state index in [0.29, 0.717) is 12.3 Å². The fourth-order valence-electron chi connectivity index (χ4n) is 4.13. The first-order valence-corrected chi connectivity index (χ1v) is 6.45. The smallest absolute Gasteiger partial charge is 0.156 e. The summed E-state index contributed by atoms with van der Waals surface area (Å²) in [4.78, 5) is 11.8. The van der Waals surface area contributed by atoms with Crippen molar-refractivity contribution in [2.24, 2.45) is 11.3 Å². The second-order valence-corrected chi connectivity index (χ2v) is 6.30. The molecule has 1 saturated carbocycles. The zero-order valence-electron chi connectivity index (χ0n) is 10.9. The number of allylic oxidation sites excluding steroid dienone is 1. The molecule has 1 spiro atoms. The minimum atomic E-state index is -0.150. The molecular formula is C15H20O2. The molecule has 0 unspecified atom stereocenters. The molecule has 0 radical (unpaired) electrons. The molecule has 0 aromatic carbocycles. The van der Waals surface area contributed by atoms with Crippen molar-refractivity contribution < 1.29 is 9.53 Å². The molecule has 2 aliphatic carbocycles. The third kappa shape index (κ3) is 1.22. The van der Waals surface area contributed by atoms with Crippen molar-refractivity contribution in [2.75, 3.05) is 0 Å². The maximum Gasteiger partial charge on any atom is 0.156 e. The maximum absolute atomic E-state index is 11.8. The van der Waals surface area contributed by atoms with Gasteiger partial charge in [0.05, 0.1) is 6.10 Å². The lowest BCUT2D eigenvalue weighted by Gasteiger charge is -2.43. The van der Waals surface area contributed by atoms with E-state index in [4.69, 9.17) is 4.74 Å². The number of hydrogen-bond acceptors (Lipinski definition) is 2. The Bertz CT molecular complexity index is 448. The van der Waals surface area contributed by atoms with Crippen LogP contribution in [0.2, 0.25) is 0 Å². The van der Waals surface area contributed by atoms with E-state index in [1.54, 1.807) is 6.08 Å². The van der Waals surface area contributed by atoms with Gasteiger partial charge < -0.3 is 4.74 Å². The summed E-state index contributed by atoms with van der Waals surface area (Å²) in [7, 11) is 0. The standard InChI is InChI=1S/C15H20O2/c1-9(2)12-5-6-14(4)8-11(16)7-10(3)15(14)13(12)17-15/h7,12-13H,1,5-6,8H2,2-4H3/t12-,13-,14-,15-/m1/s1. The second-order valence-electron chi connectivity index (χ2n) is 6.30. The summed E-state index contributed by atoms with van der Waals surface area (Å²) in [6, 6.07) is 0. The van der Waals surface area contributed by atoms with Crippen LogP contribution < -0.4 is 0 Å². The van der Waals surface area contributed by atoms with Crippen LogP contribution in [0.1, 0.15) is 40.0 Å². The molecule has 1 heterocycles. The zero-order chi connectivity index (χ0) is 12.4. The van der Waals surface area contributed by atoms with Crippen LogP contribution in [0.15, 0.2) is 23.8 Å². The van der Waals surface area contributed by atoms with Gasteiger partial charge in [-0.1, -0.05) is 19.1 Å². The average Bonchev–Trinajstić information content (AvgIpc) is 2.92. The van der Waals surface area contributed by atoms with Crippen molar-refractivity contribution in [3.8, 4) is 0 Å². The molecule has 3 aliphatic rings. The Labute approximate surface area is 103 Å². The molecule has 2 fully saturated rings. The first kappa shape index (κ1) is 11.2. The number of carbonyl (C=O) groups excluding carboxylic acids is 1. The van der Waals surface area contributed by atoms with Gasteiger partial charge in [0.25, 0.3) is 0 Å². The van der Waals surface area contributed by atoms with Gasteiger partial charge in [-0.15, -0.1) is 0 Å². The molecule has 92 valence electrons. The number of carbonyl (C=O) groups is 1. The number of ketones is 1. The Morgan fingerprint density at radius 3 is 2.94 bits per heavy atom. The lowest BCUT2D eigenvalue weighted by atomic mass is 9.57. The van der Waals surface area contributed by atoms with E-state index < -0.39 is 0 Å². The van der Waals surface area contributed by atoms with E-state index >= 15 is 0 Å². The van der Waals surface area contributed by atoms with E-state index in [1.165, 1.54) is 5.57 Å². The van der Waals surface area contributed by atoms with E-state index in [0.717, 1.165) is 18.4 Å². The van der Waals surface area contributed by atoms with Gasteiger partial charge in [-0.3, -0.25) is 4.79 Å². The summed E-state index contributed by atoms with van der Waals surface area (Å²) in [6.45, 7) is 10.4. The van der Waals surface area contributed by atoms with Crippen LogP contribution in [0.4, 0.5) is 0 Å². The maximum atomic E-state index is 11.8. The largest absolute Gasteiger partial charge is 0.360 e. The molecule has 3 rings (SSSR count). The van der Waals surface area contributed by atoms with Crippen LogP contribution in [0.25, 0.3) is 0 Å². The third-order valence-corrected chi connectivity index (χ3v) is 5.09. The first-order chi connectivity index (χ1) is 7.91. The van der Waals surface area contributed by atoms with E-state index in [-0.39, 0.29) is 22.9 Å². The summed E-state index contributed by atoms with van der Waals surface area (Å²) in [5.74, 6) is 0.735. The number of hydrogen-bond donors (Lipinski definition) is 0. The number of epoxide rings is 1. The van der Waals surface area contributed by atoms with Gasteiger partial charge in [0.1, 0.15) is 5.60 Å². The highest BCUT2D eigenvalue weighted by Crippen LogP contribution is 2.67. The van der Waals surface area contributed by atoms with Crippen LogP contribution in [0, 0.1) is 11.3 Å². The monoisotopic (exact) mass is 232 g/mol. The van der Waals surface area contributed by atoms with Crippen molar-refractivity contribution in [3.63, 3.8) is 0 Å². The van der Waals surface area contributed by atoms with Crippen molar-refractivity contribution in [3.05, 3.63) is 23.8 Å². The second kappa shape index (κ2) is 3.11. The molecule has 0 N–H and O–H groups in total. The van der Waals surface area contributed by atoms with Crippen LogP contribution >= 0.6 is 0 Å². The summed E-state index contributed by atoms with van der Waals surface area (Å²) < 4.78 is 6.13. The SMILES string of the molecule is C=C(C)[C@H]1CC[C@]2(C)CC(=O)C=C(C)[C@]23O[C@H]13. The van der Waals surface area contributed by atoms with E-state index in [1.807, 2.05) is 0 Å². The highest BCUT2D eigenvalue weighted by Gasteiger charge is 2.73.